The standard InChI is InChI=1S/C10H22N2O3/c1-7(2)4-9(11)10(14)12-5-8(13)6-15-3/h7-9,13H,4-6,11H2,1-3H3,(H,12,14)/t8?,9-/m0/s1. The van der Waals surface area contributed by atoms with E-state index in [1.165, 1.54) is 7.11 Å². The van der Waals surface area contributed by atoms with Gasteiger partial charge in [0.2, 0.25) is 5.91 Å². The summed E-state index contributed by atoms with van der Waals surface area (Å²) >= 11 is 0. The first-order valence-electron chi connectivity index (χ1n) is 5.17. The number of carbonyl (C=O) groups is 1. The second-order valence-electron chi connectivity index (χ2n) is 4.09. The van der Waals surface area contributed by atoms with Crippen LogP contribution in [0.2, 0.25) is 0 Å². The molecule has 2 atom stereocenters. The smallest absolute Gasteiger partial charge is 0.237 e. The maximum absolute atomic E-state index is 11.4. The summed E-state index contributed by atoms with van der Waals surface area (Å²) < 4.78 is 4.73. The predicted octanol–water partition coefficient (Wildman–Crippen LogP) is -0.517. The molecule has 0 radical (unpaired) electrons. The molecule has 0 bridgehead atoms. The summed E-state index contributed by atoms with van der Waals surface area (Å²) in [5, 5.41) is 11.9. The monoisotopic (exact) mass is 218 g/mol. The molecule has 0 aromatic heterocycles. The number of aliphatic hydroxyl groups excluding tert-OH is 1. The maximum atomic E-state index is 11.4. The summed E-state index contributed by atoms with van der Waals surface area (Å²) in [7, 11) is 1.50. The average molecular weight is 218 g/mol. The fourth-order valence-corrected chi connectivity index (χ4v) is 1.22. The van der Waals surface area contributed by atoms with Crippen molar-refractivity contribution in [2.75, 3.05) is 20.3 Å². The van der Waals surface area contributed by atoms with E-state index in [1.54, 1.807) is 0 Å². The SMILES string of the molecule is COCC(O)CNC(=O)[C@@H](N)CC(C)C. The van der Waals surface area contributed by atoms with Crippen LogP contribution in [0.3, 0.4) is 0 Å². The van der Waals surface area contributed by atoms with E-state index in [1.807, 2.05) is 13.8 Å². The van der Waals surface area contributed by atoms with Crippen molar-refractivity contribution in [3.63, 3.8) is 0 Å². The Morgan fingerprint density at radius 1 is 1.53 bits per heavy atom. The summed E-state index contributed by atoms with van der Waals surface area (Å²) in [4.78, 5) is 11.4. The Bertz CT molecular complexity index is 186. The van der Waals surface area contributed by atoms with Crippen LogP contribution in [0, 0.1) is 5.92 Å². The van der Waals surface area contributed by atoms with Gasteiger partial charge in [0.1, 0.15) is 0 Å². The van der Waals surface area contributed by atoms with Gasteiger partial charge in [0, 0.05) is 13.7 Å². The van der Waals surface area contributed by atoms with Crippen molar-refractivity contribution in [2.24, 2.45) is 11.7 Å². The predicted molar refractivity (Wildman–Crippen MR) is 58.3 cm³/mol. The van der Waals surface area contributed by atoms with Crippen LogP contribution in [-0.2, 0) is 9.53 Å². The van der Waals surface area contributed by atoms with Crippen molar-refractivity contribution in [3.05, 3.63) is 0 Å². The minimum absolute atomic E-state index is 0.179. The minimum Gasteiger partial charge on any atom is -0.389 e. The maximum Gasteiger partial charge on any atom is 0.237 e. The summed E-state index contributed by atoms with van der Waals surface area (Å²) in [5.41, 5.74) is 5.65. The number of aliphatic hydroxyl groups is 1. The largest absolute Gasteiger partial charge is 0.389 e. The summed E-state index contributed by atoms with van der Waals surface area (Å²) in [6.45, 7) is 4.40. The first-order chi connectivity index (χ1) is 6.97. The molecule has 90 valence electrons. The van der Waals surface area contributed by atoms with Crippen molar-refractivity contribution in [2.45, 2.75) is 32.4 Å². The highest BCUT2D eigenvalue weighted by atomic mass is 16.5. The van der Waals surface area contributed by atoms with Gasteiger partial charge in [-0.05, 0) is 12.3 Å². The molecule has 0 fully saturated rings. The molecular formula is C10H22N2O3. The second kappa shape index (κ2) is 7.62. The number of nitrogens with one attached hydrogen (secondary N) is 1. The van der Waals surface area contributed by atoms with Crippen LogP contribution in [0.15, 0.2) is 0 Å². The van der Waals surface area contributed by atoms with Crippen LogP contribution in [0.5, 0.6) is 0 Å². The Morgan fingerprint density at radius 2 is 2.13 bits per heavy atom. The fourth-order valence-electron chi connectivity index (χ4n) is 1.22. The Hall–Kier alpha value is -0.650. The number of carbonyl (C=O) groups excluding carboxylic acids is 1. The van der Waals surface area contributed by atoms with Crippen molar-refractivity contribution in [1.29, 1.82) is 0 Å². The third kappa shape index (κ3) is 7.30. The summed E-state index contributed by atoms with van der Waals surface area (Å²) in [6.07, 6.45) is -0.0307. The molecule has 0 aromatic rings. The highest BCUT2D eigenvalue weighted by Crippen LogP contribution is 2.02. The van der Waals surface area contributed by atoms with Crippen LogP contribution < -0.4 is 11.1 Å². The first-order valence-corrected chi connectivity index (χ1v) is 5.17. The van der Waals surface area contributed by atoms with Gasteiger partial charge in [-0.15, -0.1) is 0 Å². The Labute approximate surface area is 91.0 Å². The third-order valence-corrected chi connectivity index (χ3v) is 1.93. The average Bonchev–Trinajstić information content (AvgIpc) is 2.13. The van der Waals surface area contributed by atoms with Crippen molar-refractivity contribution in [1.82, 2.24) is 5.32 Å². The molecule has 0 heterocycles. The lowest BCUT2D eigenvalue weighted by molar-refractivity contribution is -0.123. The van der Waals surface area contributed by atoms with Crippen molar-refractivity contribution in [3.8, 4) is 0 Å². The summed E-state index contributed by atoms with van der Waals surface area (Å²) in [5.74, 6) is 0.161. The highest BCUT2D eigenvalue weighted by Gasteiger charge is 2.15. The fraction of sp³-hybridized carbons (Fsp3) is 0.900. The molecule has 1 unspecified atom stereocenters. The van der Waals surface area contributed by atoms with Gasteiger partial charge in [-0.3, -0.25) is 4.79 Å². The van der Waals surface area contributed by atoms with E-state index >= 15 is 0 Å². The van der Waals surface area contributed by atoms with Gasteiger partial charge in [-0.2, -0.15) is 0 Å². The zero-order chi connectivity index (χ0) is 11.8. The van der Waals surface area contributed by atoms with E-state index < -0.39 is 12.1 Å². The van der Waals surface area contributed by atoms with Crippen LogP contribution in [0.25, 0.3) is 0 Å². The molecule has 0 aliphatic rings. The van der Waals surface area contributed by atoms with Gasteiger partial charge in [-0.25, -0.2) is 0 Å². The molecule has 5 heteroatoms. The molecule has 15 heavy (non-hydrogen) atoms. The molecule has 4 N–H and O–H groups in total. The molecular weight excluding hydrogens is 196 g/mol. The summed E-state index contributed by atoms with van der Waals surface area (Å²) in [6, 6.07) is -0.500. The molecule has 0 aliphatic carbocycles. The van der Waals surface area contributed by atoms with E-state index in [2.05, 4.69) is 5.32 Å². The van der Waals surface area contributed by atoms with E-state index in [-0.39, 0.29) is 19.1 Å². The number of hydrogen-bond donors (Lipinski definition) is 3. The van der Waals surface area contributed by atoms with Crippen LogP contribution >= 0.6 is 0 Å². The lowest BCUT2D eigenvalue weighted by atomic mass is 10.0. The zero-order valence-electron chi connectivity index (χ0n) is 9.69. The number of amides is 1. The van der Waals surface area contributed by atoms with E-state index in [9.17, 15) is 9.90 Å². The van der Waals surface area contributed by atoms with Gasteiger partial charge in [-0.1, -0.05) is 13.8 Å². The molecule has 5 nitrogen and oxygen atoms in total. The van der Waals surface area contributed by atoms with Crippen molar-refractivity contribution < 1.29 is 14.6 Å². The normalized spacial score (nSPS) is 15.1. The van der Waals surface area contributed by atoms with Gasteiger partial charge < -0.3 is 20.9 Å². The van der Waals surface area contributed by atoms with Crippen LogP contribution in [0.1, 0.15) is 20.3 Å². The van der Waals surface area contributed by atoms with Gasteiger partial charge in [0.05, 0.1) is 18.8 Å². The lowest BCUT2D eigenvalue weighted by Crippen LogP contribution is -2.44. The molecule has 0 aliphatic heterocycles. The molecule has 0 rings (SSSR count). The number of rotatable bonds is 7. The second-order valence-corrected chi connectivity index (χ2v) is 4.09. The van der Waals surface area contributed by atoms with E-state index in [0.29, 0.717) is 12.3 Å². The first kappa shape index (κ1) is 14.3. The van der Waals surface area contributed by atoms with E-state index in [4.69, 9.17) is 10.5 Å². The molecule has 0 saturated heterocycles. The van der Waals surface area contributed by atoms with Gasteiger partial charge in [0.25, 0.3) is 0 Å². The zero-order valence-corrected chi connectivity index (χ0v) is 9.69. The Kier molecular flexibility index (Phi) is 7.29. The number of methoxy groups -OCH3 is 1. The third-order valence-electron chi connectivity index (χ3n) is 1.93. The van der Waals surface area contributed by atoms with Gasteiger partial charge in [0.15, 0.2) is 0 Å². The van der Waals surface area contributed by atoms with Crippen LogP contribution in [0.4, 0.5) is 0 Å². The molecule has 0 saturated carbocycles. The number of nitrogens with two attached hydrogens (primary N) is 1. The number of ether oxygens (including phenoxy) is 1. The van der Waals surface area contributed by atoms with Crippen LogP contribution in [-0.4, -0.2) is 43.4 Å². The number of hydrogen-bond acceptors (Lipinski definition) is 4. The topological polar surface area (TPSA) is 84.6 Å². The highest BCUT2D eigenvalue weighted by molar-refractivity contribution is 5.81. The lowest BCUT2D eigenvalue weighted by Gasteiger charge is -2.16. The Balaban J connectivity index is 3.72. The van der Waals surface area contributed by atoms with Gasteiger partial charge >= 0.3 is 0 Å². The molecule has 0 aromatic carbocycles. The molecule has 1 amide bonds. The molecule has 0 spiro atoms. The van der Waals surface area contributed by atoms with Crippen molar-refractivity contribution >= 4 is 5.91 Å². The minimum atomic E-state index is -0.676. The Morgan fingerprint density at radius 3 is 2.60 bits per heavy atom. The quantitative estimate of drug-likeness (QED) is 0.537. The van der Waals surface area contributed by atoms with E-state index in [0.717, 1.165) is 0 Å².